The molecule has 104 valence electrons. The highest BCUT2D eigenvalue weighted by molar-refractivity contribution is 6.05. The number of carbonyl (C=O) groups is 3. The maximum Gasteiger partial charge on any atom is 0.328 e. The van der Waals surface area contributed by atoms with Crippen molar-refractivity contribution in [1.29, 1.82) is 0 Å². The second-order valence-corrected chi connectivity index (χ2v) is 3.67. The maximum atomic E-state index is 11.9. The number of amides is 1. The zero-order chi connectivity index (χ0) is 15.5. The normalized spacial score (nSPS) is 11.3. The number of carbonyl (C=O) groups excluding carboxylic acids is 3. The van der Waals surface area contributed by atoms with Gasteiger partial charge < -0.3 is 10.1 Å². The van der Waals surface area contributed by atoms with Crippen LogP contribution in [0.2, 0.25) is 0 Å². The molecule has 1 N–H and O–H groups in total. The van der Waals surface area contributed by atoms with Gasteiger partial charge in [-0.15, -0.1) is 6.42 Å². The number of hydrogen-bond donors (Lipinski definition) is 1. The summed E-state index contributed by atoms with van der Waals surface area (Å²) in [7, 11) is 1.20. The molecule has 5 nitrogen and oxygen atoms in total. The number of terminal acetylenes is 1. The Balaban J connectivity index is 5.00. The number of hydrogen-bond acceptors (Lipinski definition) is 4. The van der Waals surface area contributed by atoms with Gasteiger partial charge >= 0.3 is 5.97 Å². The monoisotopic (exact) mass is 273 g/mol. The minimum absolute atomic E-state index is 0.141. The lowest BCUT2D eigenvalue weighted by Crippen LogP contribution is -2.43. The van der Waals surface area contributed by atoms with Crippen molar-refractivity contribution >= 4 is 17.7 Å². The van der Waals surface area contributed by atoms with Crippen molar-refractivity contribution in [2.45, 2.75) is 26.3 Å². The predicted molar refractivity (Wildman–Crippen MR) is 72.8 cm³/mol. The average Bonchev–Trinajstić information content (AvgIpc) is 2.45. The van der Waals surface area contributed by atoms with Crippen LogP contribution in [0.15, 0.2) is 0 Å². The fraction of sp³-hybridized carbons (Fsp3) is 0.400. The SMILES string of the molecule is C#CC#CC#CC(C(=O)CC)C(=O)NC(C)C(=O)OC. The van der Waals surface area contributed by atoms with Crippen LogP contribution in [-0.2, 0) is 19.1 Å². The Hall–Kier alpha value is -2.71. The van der Waals surface area contributed by atoms with E-state index in [1.165, 1.54) is 14.0 Å². The van der Waals surface area contributed by atoms with Gasteiger partial charge in [0.2, 0.25) is 5.91 Å². The summed E-state index contributed by atoms with van der Waals surface area (Å²) >= 11 is 0. The van der Waals surface area contributed by atoms with Crippen molar-refractivity contribution in [2.24, 2.45) is 5.92 Å². The van der Waals surface area contributed by atoms with Gasteiger partial charge in [0.25, 0.3) is 0 Å². The van der Waals surface area contributed by atoms with Gasteiger partial charge in [-0.05, 0) is 30.6 Å². The van der Waals surface area contributed by atoms with Gasteiger partial charge in [-0.3, -0.25) is 9.59 Å². The van der Waals surface area contributed by atoms with E-state index in [0.717, 1.165) is 0 Å². The molecule has 5 heteroatoms. The lowest BCUT2D eigenvalue weighted by Gasteiger charge is -2.14. The van der Waals surface area contributed by atoms with E-state index in [0.29, 0.717) is 0 Å². The van der Waals surface area contributed by atoms with Gasteiger partial charge in [0.1, 0.15) is 6.04 Å². The number of methoxy groups -OCH3 is 1. The fourth-order valence-corrected chi connectivity index (χ4v) is 1.20. The zero-order valence-corrected chi connectivity index (χ0v) is 11.6. The molecule has 0 rings (SSSR count). The molecule has 0 saturated carbocycles. The molecule has 1 amide bonds. The second kappa shape index (κ2) is 9.25. The number of esters is 1. The third-order valence-electron chi connectivity index (χ3n) is 2.26. The van der Waals surface area contributed by atoms with Crippen molar-refractivity contribution in [2.75, 3.05) is 7.11 Å². The third kappa shape index (κ3) is 5.76. The Kier molecular flexibility index (Phi) is 8.00. The lowest BCUT2D eigenvalue weighted by molar-refractivity contribution is -0.145. The molecule has 0 spiro atoms. The minimum Gasteiger partial charge on any atom is -0.467 e. The van der Waals surface area contributed by atoms with Crippen molar-refractivity contribution in [3.05, 3.63) is 0 Å². The van der Waals surface area contributed by atoms with Crippen LogP contribution in [0.4, 0.5) is 0 Å². The molecular formula is C15H15NO4. The van der Waals surface area contributed by atoms with Gasteiger partial charge in [-0.2, -0.15) is 0 Å². The van der Waals surface area contributed by atoms with Crippen LogP contribution >= 0.6 is 0 Å². The molecule has 0 fully saturated rings. The van der Waals surface area contributed by atoms with E-state index in [2.05, 4.69) is 39.7 Å². The van der Waals surface area contributed by atoms with E-state index in [9.17, 15) is 14.4 Å². The summed E-state index contributed by atoms with van der Waals surface area (Å²) in [6, 6.07) is -0.863. The van der Waals surface area contributed by atoms with Gasteiger partial charge in [-0.25, -0.2) is 4.79 Å². The molecular weight excluding hydrogens is 258 g/mol. The molecule has 0 aliphatic heterocycles. The van der Waals surface area contributed by atoms with Crippen LogP contribution in [-0.4, -0.2) is 30.8 Å². The van der Waals surface area contributed by atoms with Crippen LogP contribution < -0.4 is 5.32 Å². The Labute approximate surface area is 118 Å². The van der Waals surface area contributed by atoms with Crippen molar-refractivity contribution in [3.63, 3.8) is 0 Å². The molecule has 0 bridgehead atoms. The number of ketones is 1. The Morgan fingerprint density at radius 2 is 1.90 bits per heavy atom. The largest absolute Gasteiger partial charge is 0.467 e. The van der Waals surface area contributed by atoms with Crippen LogP contribution in [0.25, 0.3) is 0 Å². The van der Waals surface area contributed by atoms with E-state index in [1.54, 1.807) is 6.92 Å². The highest BCUT2D eigenvalue weighted by atomic mass is 16.5. The quantitative estimate of drug-likeness (QED) is 0.431. The summed E-state index contributed by atoms with van der Waals surface area (Å²) in [5.41, 5.74) is 0. The van der Waals surface area contributed by atoms with E-state index in [4.69, 9.17) is 6.42 Å². The molecule has 2 unspecified atom stereocenters. The Morgan fingerprint density at radius 1 is 1.25 bits per heavy atom. The molecule has 0 aromatic heterocycles. The lowest BCUT2D eigenvalue weighted by atomic mass is 10.0. The zero-order valence-electron chi connectivity index (χ0n) is 11.6. The minimum atomic E-state index is -1.18. The van der Waals surface area contributed by atoms with E-state index in [1.807, 2.05) is 0 Å². The first-order valence-electron chi connectivity index (χ1n) is 5.84. The van der Waals surface area contributed by atoms with Gasteiger partial charge in [-0.1, -0.05) is 12.8 Å². The van der Waals surface area contributed by atoms with Gasteiger partial charge in [0, 0.05) is 6.42 Å². The smallest absolute Gasteiger partial charge is 0.328 e. The molecule has 20 heavy (non-hydrogen) atoms. The molecule has 0 aliphatic rings. The predicted octanol–water partition coefficient (Wildman–Crippen LogP) is -0.101. The van der Waals surface area contributed by atoms with Crippen molar-refractivity contribution < 1.29 is 19.1 Å². The highest BCUT2D eigenvalue weighted by Gasteiger charge is 2.26. The van der Waals surface area contributed by atoms with E-state index < -0.39 is 23.8 Å². The van der Waals surface area contributed by atoms with Crippen molar-refractivity contribution in [3.8, 4) is 36.0 Å². The molecule has 0 aromatic carbocycles. The maximum absolute atomic E-state index is 11.9. The van der Waals surface area contributed by atoms with E-state index >= 15 is 0 Å². The van der Waals surface area contributed by atoms with Crippen LogP contribution in [0.1, 0.15) is 20.3 Å². The molecule has 0 radical (unpaired) electrons. The summed E-state index contributed by atoms with van der Waals surface area (Å²) in [4.78, 5) is 34.8. The summed E-state index contributed by atoms with van der Waals surface area (Å²) in [6.45, 7) is 3.06. The average molecular weight is 273 g/mol. The van der Waals surface area contributed by atoms with Crippen LogP contribution in [0.3, 0.4) is 0 Å². The summed E-state index contributed by atoms with van der Waals surface area (Å²) in [6.07, 6.45) is 5.06. The standard InChI is InChI=1S/C15H15NO4/c1-5-7-8-9-10-12(13(17)6-2)14(18)16-11(3)15(19)20-4/h1,11-12H,6H2,2-4H3,(H,16,18). The fourth-order valence-electron chi connectivity index (χ4n) is 1.20. The third-order valence-corrected chi connectivity index (χ3v) is 2.26. The second-order valence-electron chi connectivity index (χ2n) is 3.67. The van der Waals surface area contributed by atoms with Gasteiger partial charge in [0.15, 0.2) is 11.7 Å². The molecule has 0 aromatic rings. The number of rotatable bonds is 5. The number of ether oxygens (including phenoxy) is 1. The highest BCUT2D eigenvalue weighted by Crippen LogP contribution is 2.02. The molecule has 0 heterocycles. The number of Topliss-reactive ketones (excluding diaryl/α,β-unsaturated/α-hetero) is 1. The van der Waals surface area contributed by atoms with Crippen molar-refractivity contribution in [1.82, 2.24) is 5.32 Å². The van der Waals surface area contributed by atoms with Gasteiger partial charge in [0.05, 0.1) is 7.11 Å². The summed E-state index contributed by atoms with van der Waals surface area (Å²) < 4.78 is 4.47. The van der Waals surface area contributed by atoms with E-state index in [-0.39, 0.29) is 12.2 Å². The molecule has 0 saturated heterocycles. The number of nitrogens with one attached hydrogen (secondary N) is 1. The first-order valence-corrected chi connectivity index (χ1v) is 5.84. The molecule has 2 atom stereocenters. The topological polar surface area (TPSA) is 72.5 Å². The Morgan fingerprint density at radius 3 is 2.40 bits per heavy atom. The first-order chi connectivity index (χ1) is 9.47. The van der Waals surface area contributed by atoms with Crippen LogP contribution in [0, 0.1) is 41.9 Å². The Bertz CT molecular complexity index is 548. The van der Waals surface area contributed by atoms with Crippen LogP contribution in [0.5, 0.6) is 0 Å². The molecule has 0 aliphatic carbocycles. The summed E-state index contributed by atoms with van der Waals surface area (Å²) in [5.74, 6) is 8.59. The summed E-state index contributed by atoms with van der Waals surface area (Å²) in [5, 5.41) is 2.36. The first kappa shape index (κ1) is 17.3.